The van der Waals surface area contributed by atoms with Crippen LogP contribution in [0.15, 0.2) is 24.4 Å². The zero-order chi connectivity index (χ0) is 14.1. The number of anilines is 1. The van der Waals surface area contributed by atoms with E-state index in [-0.39, 0.29) is 11.9 Å². The van der Waals surface area contributed by atoms with Crippen LogP contribution in [0.4, 0.5) is 5.69 Å². The lowest BCUT2D eigenvalue weighted by atomic mass is 10.1. The number of pyridine rings is 1. The number of nitrogens with zero attached hydrogens (tertiary/aromatic N) is 1. The zero-order valence-corrected chi connectivity index (χ0v) is 12.0. The van der Waals surface area contributed by atoms with E-state index in [1.165, 1.54) is 0 Å². The Morgan fingerprint density at radius 3 is 3.15 bits per heavy atom. The van der Waals surface area contributed by atoms with Crippen LogP contribution in [0.2, 0.25) is 5.02 Å². The van der Waals surface area contributed by atoms with Crippen molar-refractivity contribution in [3.63, 3.8) is 0 Å². The van der Waals surface area contributed by atoms with Gasteiger partial charge in [0, 0.05) is 11.6 Å². The van der Waals surface area contributed by atoms with Gasteiger partial charge in [-0.2, -0.15) is 0 Å². The van der Waals surface area contributed by atoms with Gasteiger partial charge in [-0.1, -0.05) is 11.6 Å². The highest BCUT2D eigenvalue weighted by Crippen LogP contribution is 2.32. The summed E-state index contributed by atoms with van der Waals surface area (Å²) < 4.78 is 0. The number of carbonyl (C=O) groups is 1. The molecule has 1 aliphatic heterocycles. The van der Waals surface area contributed by atoms with E-state index in [0.717, 1.165) is 35.9 Å². The third-order valence-electron chi connectivity index (χ3n) is 3.66. The maximum absolute atomic E-state index is 12.2. The molecule has 3 rings (SSSR count). The summed E-state index contributed by atoms with van der Waals surface area (Å²) in [5.74, 6) is -0.0293. The maximum atomic E-state index is 12.2. The molecule has 0 radical (unpaired) electrons. The fraction of sp³-hybridized carbons (Fsp3) is 0.333. The molecule has 0 bridgehead atoms. The first-order valence-corrected chi connectivity index (χ1v) is 7.12. The predicted molar refractivity (Wildman–Crippen MR) is 81.1 cm³/mol. The number of hydrogen-bond donors (Lipinski definition) is 2. The summed E-state index contributed by atoms with van der Waals surface area (Å²) in [5.41, 5.74) is 2.52. The Hall–Kier alpha value is -1.65. The van der Waals surface area contributed by atoms with Gasteiger partial charge in [-0.15, -0.1) is 0 Å². The standard InChI is InChI=1S/C15H16ClN3O/c1-9-8-11(16)14(10-4-2-7-18-13(9)10)19-15(20)12-5-3-6-17-12/h2,4,7-8,12,17H,3,5-6H2,1H3,(H,19,20)/t12-/m0/s1. The normalized spacial score (nSPS) is 18.4. The fourth-order valence-corrected chi connectivity index (χ4v) is 2.94. The highest BCUT2D eigenvalue weighted by atomic mass is 35.5. The summed E-state index contributed by atoms with van der Waals surface area (Å²) in [6.07, 6.45) is 3.64. The molecular formula is C15H16ClN3O. The van der Waals surface area contributed by atoms with E-state index in [2.05, 4.69) is 15.6 Å². The molecule has 2 aromatic rings. The molecule has 4 nitrogen and oxygen atoms in total. The molecule has 0 saturated carbocycles. The van der Waals surface area contributed by atoms with Crippen molar-refractivity contribution in [2.45, 2.75) is 25.8 Å². The van der Waals surface area contributed by atoms with E-state index in [9.17, 15) is 4.79 Å². The lowest BCUT2D eigenvalue weighted by Crippen LogP contribution is -2.35. The van der Waals surface area contributed by atoms with Gasteiger partial charge in [0.15, 0.2) is 0 Å². The molecule has 1 aromatic heterocycles. The van der Waals surface area contributed by atoms with Crippen LogP contribution in [0.5, 0.6) is 0 Å². The van der Waals surface area contributed by atoms with Crippen LogP contribution in [-0.2, 0) is 4.79 Å². The van der Waals surface area contributed by atoms with Crippen LogP contribution in [0.3, 0.4) is 0 Å². The van der Waals surface area contributed by atoms with Crippen LogP contribution >= 0.6 is 11.6 Å². The highest BCUT2D eigenvalue weighted by molar-refractivity contribution is 6.35. The van der Waals surface area contributed by atoms with Crippen molar-refractivity contribution in [2.24, 2.45) is 0 Å². The molecule has 1 fully saturated rings. The first-order chi connectivity index (χ1) is 9.66. The zero-order valence-electron chi connectivity index (χ0n) is 11.2. The Bertz CT molecular complexity index is 665. The Balaban J connectivity index is 2.00. The molecule has 0 spiro atoms. The van der Waals surface area contributed by atoms with Crippen molar-refractivity contribution in [1.82, 2.24) is 10.3 Å². The van der Waals surface area contributed by atoms with Crippen molar-refractivity contribution in [1.29, 1.82) is 0 Å². The molecule has 2 N–H and O–H groups in total. The SMILES string of the molecule is Cc1cc(Cl)c(NC(=O)[C@@H]2CCCN2)c2cccnc12. The second kappa shape index (κ2) is 5.38. The Morgan fingerprint density at radius 2 is 2.40 bits per heavy atom. The van der Waals surface area contributed by atoms with Gasteiger partial charge >= 0.3 is 0 Å². The van der Waals surface area contributed by atoms with E-state index < -0.39 is 0 Å². The third kappa shape index (κ3) is 2.37. The van der Waals surface area contributed by atoms with Gasteiger partial charge in [0.1, 0.15) is 0 Å². The first-order valence-electron chi connectivity index (χ1n) is 6.75. The lowest BCUT2D eigenvalue weighted by Gasteiger charge is -2.15. The average Bonchev–Trinajstić information content (AvgIpc) is 2.97. The molecule has 1 aromatic carbocycles. The molecule has 0 unspecified atom stereocenters. The number of fused-ring (bicyclic) bond motifs is 1. The fourth-order valence-electron chi connectivity index (χ4n) is 2.63. The van der Waals surface area contributed by atoms with E-state index in [0.29, 0.717) is 10.7 Å². The smallest absolute Gasteiger partial charge is 0.241 e. The molecule has 2 heterocycles. The van der Waals surface area contributed by atoms with Crippen molar-refractivity contribution in [3.05, 3.63) is 35.0 Å². The maximum Gasteiger partial charge on any atom is 0.241 e. The molecule has 1 aliphatic rings. The summed E-state index contributed by atoms with van der Waals surface area (Å²) in [6, 6.07) is 5.49. The molecular weight excluding hydrogens is 274 g/mol. The van der Waals surface area contributed by atoms with E-state index in [4.69, 9.17) is 11.6 Å². The number of benzene rings is 1. The van der Waals surface area contributed by atoms with Gasteiger partial charge in [-0.3, -0.25) is 9.78 Å². The van der Waals surface area contributed by atoms with Crippen LogP contribution in [-0.4, -0.2) is 23.5 Å². The summed E-state index contributed by atoms with van der Waals surface area (Å²) >= 11 is 6.30. The van der Waals surface area contributed by atoms with Crippen molar-refractivity contribution in [3.8, 4) is 0 Å². The number of carbonyl (C=O) groups excluding carboxylic acids is 1. The van der Waals surface area contributed by atoms with Crippen LogP contribution in [0.25, 0.3) is 10.9 Å². The molecule has 0 aliphatic carbocycles. The van der Waals surface area contributed by atoms with E-state index in [1.54, 1.807) is 6.20 Å². The molecule has 1 atom stereocenters. The lowest BCUT2D eigenvalue weighted by molar-refractivity contribution is -0.117. The average molecular weight is 290 g/mol. The number of hydrogen-bond acceptors (Lipinski definition) is 3. The molecule has 1 saturated heterocycles. The first kappa shape index (κ1) is 13.3. The van der Waals surface area contributed by atoms with Gasteiger partial charge in [-0.05, 0) is 50.1 Å². The second-order valence-corrected chi connectivity index (χ2v) is 5.50. The van der Waals surface area contributed by atoms with Crippen LogP contribution in [0.1, 0.15) is 18.4 Å². The largest absolute Gasteiger partial charge is 0.323 e. The Morgan fingerprint density at radius 1 is 1.55 bits per heavy atom. The number of aryl methyl sites for hydroxylation is 1. The molecule has 20 heavy (non-hydrogen) atoms. The van der Waals surface area contributed by atoms with Crippen LogP contribution in [0, 0.1) is 6.92 Å². The van der Waals surface area contributed by atoms with Gasteiger partial charge in [0.25, 0.3) is 0 Å². The Kier molecular flexibility index (Phi) is 3.59. The number of aromatic nitrogens is 1. The minimum atomic E-state index is -0.126. The topological polar surface area (TPSA) is 54.0 Å². The molecule has 5 heteroatoms. The summed E-state index contributed by atoms with van der Waals surface area (Å²) in [5, 5.41) is 7.56. The van der Waals surface area contributed by atoms with Gasteiger partial charge in [0.2, 0.25) is 5.91 Å². The van der Waals surface area contributed by atoms with Gasteiger partial charge in [-0.25, -0.2) is 0 Å². The van der Waals surface area contributed by atoms with E-state index in [1.807, 2.05) is 25.1 Å². The molecule has 1 amide bonds. The number of amides is 1. The number of nitrogens with one attached hydrogen (secondary N) is 2. The minimum absolute atomic E-state index is 0.0293. The number of halogens is 1. The summed E-state index contributed by atoms with van der Waals surface area (Å²) in [6.45, 7) is 2.85. The summed E-state index contributed by atoms with van der Waals surface area (Å²) in [7, 11) is 0. The third-order valence-corrected chi connectivity index (χ3v) is 3.96. The predicted octanol–water partition coefficient (Wildman–Crippen LogP) is 2.89. The molecule has 104 valence electrons. The van der Waals surface area contributed by atoms with Crippen LogP contribution < -0.4 is 10.6 Å². The highest BCUT2D eigenvalue weighted by Gasteiger charge is 2.23. The van der Waals surface area contributed by atoms with Crippen molar-refractivity contribution >= 4 is 34.1 Å². The van der Waals surface area contributed by atoms with Crippen molar-refractivity contribution in [2.75, 3.05) is 11.9 Å². The van der Waals surface area contributed by atoms with Gasteiger partial charge < -0.3 is 10.6 Å². The van der Waals surface area contributed by atoms with Crippen molar-refractivity contribution < 1.29 is 4.79 Å². The monoisotopic (exact) mass is 289 g/mol. The summed E-state index contributed by atoms with van der Waals surface area (Å²) in [4.78, 5) is 16.6. The number of rotatable bonds is 2. The second-order valence-electron chi connectivity index (χ2n) is 5.09. The van der Waals surface area contributed by atoms with E-state index >= 15 is 0 Å². The minimum Gasteiger partial charge on any atom is -0.323 e. The quantitative estimate of drug-likeness (QED) is 0.894. The van der Waals surface area contributed by atoms with Gasteiger partial charge in [0.05, 0.1) is 22.3 Å². The Labute approximate surface area is 122 Å².